The first-order chi connectivity index (χ1) is 7.02. The van der Waals surface area contributed by atoms with Crippen LogP contribution in [0.25, 0.3) is 4.85 Å². The molecule has 0 spiro atoms. The van der Waals surface area contributed by atoms with Crippen LogP contribution in [0.4, 0.5) is 0 Å². The fraction of sp³-hybridized carbons (Fsp3) is 0.923. The molecule has 2 nitrogen and oxygen atoms in total. The molecule has 0 aliphatic heterocycles. The summed E-state index contributed by atoms with van der Waals surface area (Å²) in [5.41, 5.74) is -0.225. The maximum atomic E-state index is 7.06. The normalized spacial score (nSPS) is 13.6. The first-order valence-corrected chi connectivity index (χ1v) is 8.95. The first kappa shape index (κ1) is 15.7. The van der Waals surface area contributed by atoms with Gasteiger partial charge in [0.2, 0.25) is 5.54 Å². The van der Waals surface area contributed by atoms with E-state index >= 15 is 0 Å². The smallest absolute Gasteiger partial charge is 0.227 e. The Hall–Kier alpha value is -0.333. The number of rotatable bonds is 5. The van der Waals surface area contributed by atoms with Gasteiger partial charge in [-0.1, -0.05) is 20.8 Å². The summed E-state index contributed by atoms with van der Waals surface area (Å²) in [6.45, 7) is 23.1. The molecular weight excluding hydrogens is 214 g/mol. The largest absolute Gasteiger partial charge is 0.417 e. The van der Waals surface area contributed by atoms with Crippen molar-refractivity contribution in [2.45, 2.75) is 71.1 Å². The number of hydrogen-bond acceptors (Lipinski definition) is 1. The highest BCUT2D eigenvalue weighted by molar-refractivity contribution is 6.74. The summed E-state index contributed by atoms with van der Waals surface area (Å²) in [7, 11) is -1.59. The van der Waals surface area contributed by atoms with E-state index in [1.54, 1.807) is 0 Å². The predicted molar refractivity (Wildman–Crippen MR) is 73.1 cm³/mol. The summed E-state index contributed by atoms with van der Waals surface area (Å²) < 4.78 is 6.07. The van der Waals surface area contributed by atoms with E-state index in [1.807, 2.05) is 13.8 Å². The lowest BCUT2D eigenvalue weighted by Gasteiger charge is -2.36. The molecule has 0 saturated heterocycles. The van der Waals surface area contributed by atoms with Gasteiger partial charge in [-0.25, -0.2) is 6.57 Å². The number of nitrogens with zero attached hydrogens (tertiary/aromatic N) is 1. The fourth-order valence-corrected chi connectivity index (χ4v) is 2.19. The van der Waals surface area contributed by atoms with Crippen molar-refractivity contribution in [1.82, 2.24) is 0 Å². The van der Waals surface area contributed by atoms with Gasteiger partial charge in [0.1, 0.15) is 0 Å². The molecule has 0 atom stereocenters. The van der Waals surface area contributed by atoms with E-state index in [4.69, 9.17) is 11.0 Å². The van der Waals surface area contributed by atoms with E-state index < -0.39 is 8.32 Å². The highest BCUT2D eigenvalue weighted by Crippen LogP contribution is 2.36. The van der Waals surface area contributed by atoms with Gasteiger partial charge in [-0.15, -0.1) is 0 Å². The SMILES string of the molecule is [C-]#[N+]C(C)(C)CCCO[Si](C)(C)C(C)(C)C. The Morgan fingerprint density at radius 3 is 2.00 bits per heavy atom. The molecule has 16 heavy (non-hydrogen) atoms. The minimum Gasteiger partial charge on any atom is -0.417 e. The van der Waals surface area contributed by atoms with Crippen LogP contribution in [0.1, 0.15) is 47.5 Å². The van der Waals surface area contributed by atoms with Gasteiger partial charge in [0.25, 0.3) is 0 Å². The van der Waals surface area contributed by atoms with Crippen molar-refractivity contribution in [2.75, 3.05) is 6.61 Å². The van der Waals surface area contributed by atoms with Crippen LogP contribution in [-0.4, -0.2) is 20.5 Å². The summed E-state index contributed by atoms with van der Waals surface area (Å²) in [6.07, 6.45) is 1.91. The molecule has 0 fully saturated rings. The van der Waals surface area contributed by atoms with Crippen molar-refractivity contribution in [3.05, 3.63) is 11.4 Å². The second-order valence-electron chi connectivity index (χ2n) is 6.64. The van der Waals surface area contributed by atoms with Crippen molar-refractivity contribution >= 4 is 8.32 Å². The molecule has 0 N–H and O–H groups in total. The summed E-state index contributed by atoms with van der Waals surface area (Å²) in [5.74, 6) is 0. The lowest BCUT2D eigenvalue weighted by molar-refractivity contribution is 0.271. The Balaban J connectivity index is 3.98. The lowest BCUT2D eigenvalue weighted by Crippen LogP contribution is -2.41. The molecule has 0 heterocycles. The Morgan fingerprint density at radius 2 is 1.62 bits per heavy atom. The number of hydrogen-bond donors (Lipinski definition) is 0. The zero-order valence-corrected chi connectivity index (χ0v) is 13.0. The second kappa shape index (κ2) is 5.33. The molecule has 0 rings (SSSR count). The van der Waals surface area contributed by atoms with E-state index in [0.717, 1.165) is 19.4 Å². The highest BCUT2D eigenvalue weighted by atomic mass is 28.4. The molecule has 3 heteroatoms. The molecule has 0 aliphatic rings. The third-order valence-corrected chi connectivity index (χ3v) is 8.04. The zero-order valence-electron chi connectivity index (χ0n) is 12.0. The highest BCUT2D eigenvalue weighted by Gasteiger charge is 2.37. The Bertz CT molecular complexity index is 258. The van der Waals surface area contributed by atoms with E-state index in [1.165, 1.54) is 0 Å². The van der Waals surface area contributed by atoms with Crippen LogP contribution >= 0.6 is 0 Å². The maximum Gasteiger partial charge on any atom is 0.227 e. The van der Waals surface area contributed by atoms with Crippen LogP contribution in [0.2, 0.25) is 18.1 Å². The van der Waals surface area contributed by atoms with Gasteiger partial charge >= 0.3 is 0 Å². The molecular formula is C13H27NOSi. The average Bonchev–Trinajstić information content (AvgIpc) is 2.11. The fourth-order valence-electron chi connectivity index (χ4n) is 1.10. The van der Waals surface area contributed by atoms with Crippen molar-refractivity contribution in [3.8, 4) is 0 Å². The average molecular weight is 241 g/mol. The molecule has 0 saturated carbocycles. The molecule has 0 aliphatic carbocycles. The van der Waals surface area contributed by atoms with Crippen molar-refractivity contribution in [3.63, 3.8) is 0 Å². The van der Waals surface area contributed by atoms with Gasteiger partial charge in [-0.05, 0) is 24.6 Å². The molecule has 0 aromatic heterocycles. The molecule has 0 bridgehead atoms. The summed E-state index contributed by atoms with van der Waals surface area (Å²) in [6, 6.07) is 0. The summed E-state index contributed by atoms with van der Waals surface area (Å²) in [4.78, 5) is 3.61. The summed E-state index contributed by atoms with van der Waals surface area (Å²) in [5, 5.41) is 0.280. The molecule has 0 aromatic rings. The topological polar surface area (TPSA) is 13.6 Å². The molecule has 94 valence electrons. The van der Waals surface area contributed by atoms with Crippen LogP contribution in [0.5, 0.6) is 0 Å². The standard InChI is InChI=1S/C13H27NOSi/c1-12(2,3)16(7,8)15-11-9-10-13(4,5)14-6/h9-11H2,1-5,7-8H3. The monoisotopic (exact) mass is 241 g/mol. The van der Waals surface area contributed by atoms with Gasteiger partial charge in [0.15, 0.2) is 8.32 Å². The zero-order chi connectivity index (χ0) is 13.0. The summed E-state index contributed by atoms with van der Waals surface area (Å²) >= 11 is 0. The van der Waals surface area contributed by atoms with Gasteiger partial charge in [0, 0.05) is 26.9 Å². The van der Waals surface area contributed by atoms with Crippen molar-refractivity contribution < 1.29 is 4.43 Å². The van der Waals surface area contributed by atoms with Crippen LogP contribution < -0.4 is 0 Å². The predicted octanol–water partition coefficient (Wildman–Crippen LogP) is 4.49. The van der Waals surface area contributed by atoms with Crippen LogP contribution in [0.15, 0.2) is 0 Å². The molecule has 0 unspecified atom stereocenters. The minimum atomic E-state index is -1.59. The van der Waals surface area contributed by atoms with E-state index in [9.17, 15) is 0 Å². The van der Waals surface area contributed by atoms with Gasteiger partial charge in [0.05, 0.1) is 0 Å². The van der Waals surface area contributed by atoms with Crippen LogP contribution in [0.3, 0.4) is 0 Å². The van der Waals surface area contributed by atoms with E-state index in [2.05, 4.69) is 38.7 Å². The molecule has 0 aromatic carbocycles. The quantitative estimate of drug-likeness (QED) is 0.393. The van der Waals surface area contributed by atoms with Gasteiger partial charge in [-0.2, -0.15) is 0 Å². The third-order valence-electron chi connectivity index (χ3n) is 3.50. The Labute approximate surface area is 102 Å². The molecule has 0 radical (unpaired) electrons. The minimum absolute atomic E-state index is 0.225. The Kier molecular flexibility index (Phi) is 5.22. The van der Waals surface area contributed by atoms with E-state index in [0.29, 0.717) is 0 Å². The van der Waals surface area contributed by atoms with Crippen LogP contribution in [0, 0.1) is 6.57 Å². The lowest BCUT2D eigenvalue weighted by atomic mass is 10.0. The van der Waals surface area contributed by atoms with E-state index in [-0.39, 0.29) is 10.6 Å². The first-order valence-electron chi connectivity index (χ1n) is 6.04. The van der Waals surface area contributed by atoms with Gasteiger partial charge < -0.3 is 9.27 Å². The van der Waals surface area contributed by atoms with Crippen molar-refractivity contribution in [2.24, 2.45) is 0 Å². The second-order valence-corrected chi connectivity index (χ2v) is 11.4. The van der Waals surface area contributed by atoms with Crippen LogP contribution in [-0.2, 0) is 4.43 Å². The third kappa shape index (κ3) is 5.13. The molecule has 0 amide bonds. The van der Waals surface area contributed by atoms with Gasteiger partial charge in [-0.3, -0.25) is 0 Å². The van der Waals surface area contributed by atoms with Crippen molar-refractivity contribution in [1.29, 1.82) is 0 Å². The Morgan fingerprint density at radius 1 is 1.12 bits per heavy atom. The maximum absolute atomic E-state index is 7.06.